The van der Waals surface area contributed by atoms with Gasteiger partial charge in [0.25, 0.3) is 5.56 Å². The van der Waals surface area contributed by atoms with Crippen LogP contribution in [0.25, 0.3) is 10.9 Å². The van der Waals surface area contributed by atoms with E-state index < -0.39 is 5.97 Å². The van der Waals surface area contributed by atoms with Crippen LogP contribution < -0.4 is 16.2 Å². The van der Waals surface area contributed by atoms with Gasteiger partial charge >= 0.3 is 0 Å². The fourth-order valence-electron chi connectivity index (χ4n) is 3.65. The number of carbonyl (C=O) groups excluding carboxylic acids is 1. The van der Waals surface area contributed by atoms with Gasteiger partial charge in [-0.2, -0.15) is 0 Å². The Morgan fingerprint density at radius 1 is 0.900 bits per heavy atom. The molecule has 0 spiro atoms. The van der Waals surface area contributed by atoms with Crippen molar-refractivity contribution in [3.63, 3.8) is 0 Å². The molecule has 150 valence electrons. The molecule has 6 heteroatoms. The van der Waals surface area contributed by atoms with E-state index in [1.807, 2.05) is 73.7 Å². The first kappa shape index (κ1) is 19.4. The predicted octanol–water partition coefficient (Wildman–Crippen LogP) is 2.05. The van der Waals surface area contributed by atoms with Crippen LogP contribution in [0.2, 0.25) is 0 Å². The molecule has 0 saturated carbocycles. The number of carbonyl (C=O) groups is 1. The quantitative estimate of drug-likeness (QED) is 0.558. The number of hydrogen-bond donors (Lipinski definition) is 1. The second-order valence-corrected chi connectivity index (χ2v) is 7.23. The van der Waals surface area contributed by atoms with Crippen molar-refractivity contribution in [2.45, 2.75) is 20.0 Å². The monoisotopic (exact) mass is 398 g/mol. The lowest BCUT2D eigenvalue weighted by Crippen LogP contribution is -2.36. The molecule has 0 unspecified atom stereocenters. The zero-order chi connectivity index (χ0) is 21.3. The molecule has 4 aromatic rings. The maximum Gasteiger partial charge on any atom is 0.260 e. The normalized spacial score (nSPS) is 11.0. The highest BCUT2D eigenvalue weighted by atomic mass is 16.4. The minimum Gasteiger partial charge on any atom is -0.545 e. The third-order valence-electron chi connectivity index (χ3n) is 5.21. The minimum absolute atomic E-state index is 0.189. The molecular weight excluding hydrogens is 378 g/mol. The average Bonchev–Trinajstić information content (AvgIpc) is 2.74. The van der Waals surface area contributed by atoms with Gasteiger partial charge in [0.05, 0.1) is 23.4 Å². The van der Waals surface area contributed by atoms with Crippen LogP contribution in [-0.2, 0) is 13.1 Å². The molecule has 2 heterocycles. The molecule has 2 aromatic carbocycles. The Bertz CT molecular complexity index is 1350. The Hall–Kier alpha value is -3.93. The van der Waals surface area contributed by atoms with Gasteiger partial charge in [0.1, 0.15) is 5.49 Å². The number of carboxylic acid groups (broad SMARTS) is 1. The highest BCUT2D eigenvalue weighted by Gasteiger charge is 2.14. The summed E-state index contributed by atoms with van der Waals surface area (Å²) in [6.07, 6.45) is 0. The van der Waals surface area contributed by atoms with Crippen molar-refractivity contribution in [1.82, 2.24) is 9.13 Å². The van der Waals surface area contributed by atoms with E-state index in [9.17, 15) is 14.7 Å². The number of nitrogens with zero attached hydrogens (tertiary/aromatic N) is 2. The number of pyridine rings is 2. The number of fused-ring (bicyclic) bond motifs is 1. The third kappa shape index (κ3) is 3.55. The molecule has 0 radical (unpaired) electrons. The van der Waals surface area contributed by atoms with Gasteiger partial charge in [-0.3, -0.25) is 10.2 Å². The lowest BCUT2D eigenvalue weighted by Gasteiger charge is -2.18. The van der Waals surface area contributed by atoms with Crippen molar-refractivity contribution >= 4 is 16.9 Å². The molecule has 4 rings (SSSR count). The first-order valence-corrected chi connectivity index (χ1v) is 9.57. The Labute approximate surface area is 172 Å². The Morgan fingerprint density at radius 2 is 1.43 bits per heavy atom. The van der Waals surface area contributed by atoms with Crippen LogP contribution in [0.5, 0.6) is 0 Å². The zero-order valence-corrected chi connectivity index (χ0v) is 16.5. The molecule has 0 bridgehead atoms. The highest BCUT2D eigenvalue weighted by molar-refractivity contribution is 5.91. The van der Waals surface area contributed by atoms with E-state index in [4.69, 9.17) is 5.41 Å². The molecular formula is C24H20N3O3-. The van der Waals surface area contributed by atoms with Gasteiger partial charge in [-0.05, 0) is 30.2 Å². The topological polar surface area (TPSA) is 90.9 Å². The molecule has 0 fully saturated rings. The number of nitrogens with one attached hydrogen (secondary N) is 1. The smallest absolute Gasteiger partial charge is 0.260 e. The van der Waals surface area contributed by atoms with Gasteiger partial charge in [0.15, 0.2) is 0 Å². The summed E-state index contributed by atoms with van der Waals surface area (Å²) in [6.45, 7) is 2.50. The van der Waals surface area contributed by atoms with Crippen LogP contribution in [0.1, 0.15) is 27.2 Å². The molecule has 0 aliphatic carbocycles. The predicted molar refractivity (Wildman–Crippen MR) is 112 cm³/mol. The number of aromatic carboxylic acids is 1. The standard InChI is InChI=1S/C24H21N3O3/c1-16-12-21-19(23(28)26(16)14-17-8-4-2-5-9-17)13-20(24(29)30)22(25)27(21)15-18-10-6-3-7-11-18/h2-13,25H,14-15H2,1H3,(H,29,30)/p-1. The van der Waals surface area contributed by atoms with Crippen LogP contribution in [0.4, 0.5) is 0 Å². The van der Waals surface area contributed by atoms with Crippen LogP contribution in [0.15, 0.2) is 77.6 Å². The number of benzene rings is 2. The molecule has 30 heavy (non-hydrogen) atoms. The molecule has 0 atom stereocenters. The van der Waals surface area contributed by atoms with E-state index in [-0.39, 0.29) is 28.5 Å². The Kier molecular flexibility index (Phi) is 5.06. The van der Waals surface area contributed by atoms with Crippen molar-refractivity contribution in [2.75, 3.05) is 0 Å². The summed E-state index contributed by atoms with van der Waals surface area (Å²) in [5, 5.41) is 20.3. The second-order valence-electron chi connectivity index (χ2n) is 7.23. The summed E-state index contributed by atoms with van der Waals surface area (Å²) in [6, 6.07) is 22.1. The van der Waals surface area contributed by atoms with E-state index >= 15 is 0 Å². The number of aryl methyl sites for hydroxylation is 1. The molecule has 0 amide bonds. The first-order chi connectivity index (χ1) is 14.5. The van der Waals surface area contributed by atoms with Crippen LogP contribution in [0.3, 0.4) is 0 Å². The average molecular weight is 398 g/mol. The summed E-state index contributed by atoms with van der Waals surface area (Å²) in [7, 11) is 0. The van der Waals surface area contributed by atoms with Crippen molar-refractivity contribution in [2.24, 2.45) is 0 Å². The summed E-state index contributed by atoms with van der Waals surface area (Å²) < 4.78 is 3.17. The van der Waals surface area contributed by atoms with Crippen molar-refractivity contribution < 1.29 is 9.90 Å². The molecule has 1 N–H and O–H groups in total. The van der Waals surface area contributed by atoms with E-state index in [0.717, 1.165) is 16.8 Å². The summed E-state index contributed by atoms with van der Waals surface area (Å²) in [5.74, 6) is -1.47. The molecule has 6 nitrogen and oxygen atoms in total. The van der Waals surface area contributed by atoms with Gasteiger partial charge in [-0.25, -0.2) is 0 Å². The highest BCUT2D eigenvalue weighted by Crippen LogP contribution is 2.15. The van der Waals surface area contributed by atoms with E-state index in [2.05, 4.69) is 0 Å². The summed E-state index contributed by atoms with van der Waals surface area (Å²) in [5.41, 5.74) is 2.35. The summed E-state index contributed by atoms with van der Waals surface area (Å²) in [4.78, 5) is 25.0. The number of hydrogen-bond acceptors (Lipinski definition) is 4. The van der Waals surface area contributed by atoms with Crippen LogP contribution in [0, 0.1) is 12.3 Å². The molecule has 0 aliphatic heterocycles. The van der Waals surface area contributed by atoms with Gasteiger partial charge < -0.3 is 19.0 Å². The molecule has 2 aromatic heterocycles. The zero-order valence-electron chi connectivity index (χ0n) is 16.5. The largest absolute Gasteiger partial charge is 0.545 e. The summed E-state index contributed by atoms with van der Waals surface area (Å²) >= 11 is 0. The van der Waals surface area contributed by atoms with Gasteiger partial charge in [0, 0.05) is 17.8 Å². The van der Waals surface area contributed by atoms with Crippen LogP contribution in [-0.4, -0.2) is 15.1 Å². The van der Waals surface area contributed by atoms with Gasteiger partial charge in [-0.15, -0.1) is 0 Å². The van der Waals surface area contributed by atoms with Gasteiger partial charge in [-0.1, -0.05) is 60.7 Å². The molecule has 0 aliphatic rings. The lowest BCUT2D eigenvalue weighted by molar-refractivity contribution is -0.255. The lowest BCUT2D eigenvalue weighted by atomic mass is 10.1. The van der Waals surface area contributed by atoms with Crippen LogP contribution >= 0.6 is 0 Å². The number of rotatable bonds is 5. The van der Waals surface area contributed by atoms with Crippen molar-refractivity contribution in [3.05, 3.63) is 111 Å². The van der Waals surface area contributed by atoms with E-state index in [1.165, 1.54) is 6.07 Å². The van der Waals surface area contributed by atoms with Gasteiger partial charge in [0.2, 0.25) is 0 Å². The van der Waals surface area contributed by atoms with E-state index in [0.29, 0.717) is 12.1 Å². The minimum atomic E-state index is -1.47. The van der Waals surface area contributed by atoms with E-state index in [1.54, 1.807) is 9.13 Å². The number of aromatic nitrogens is 2. The maximum absolute atomic E-state index is 13.3. The fraction of sp³-hybridized carbons (Fsp3) is 0.125. The van der Waals surface area contributed by atoms with Crippen molar-refractivity contribution in [3.8, 4) is 0 Å². The Balaban J connectivity index is 1.97. The maximum atomic E-state index is 13.3. The molecule has 0 saturated heterocycles. The Morgan fingerprint density at radius 3 is 1.97 bits per heavy atom. The SMILES string of the molecule is Cc1cc2c(cc(C(=O)[O-])c(=N)n2Cc2ccccc2)c(=O)n1Cc1ccccc1. The third-order valence-corrected chi connectivity index (χ3v) is 5.21. The van der Waals surface area contributed by atoms with Crippen molar-refractivity contribution in [1.29, 1.82) is 5.41 Å². The fourth-order valence-corrected chi connectivity index (χ4v) is 3.65. The number of carboxylic acids is 1. The first-order valence-electron chi connectivity index (χ1n) is 9.57. The second kappa shape index (κ2) is 7.83.